The number of anilines is 1. The van der Waals surface area contributed by atoms with E-state index in [0.29, 0.717) is 12.0 Å². The summed E-state index contributed by atoms with van der Waals surface area (Å²) in [7, 11) is 0. The van der Waals surface area contributed by atoms with E-state index in [1.54, 1.807) is 0 Å². The van der Waals surface area contributed by atoms with E-state index >= 15 is 0 Å². The average Bonchev–Trinajstić information content (AvgIpc) is 3.08. The summed E-state index contributed by atoms with van der Waals surface area (Å²) in [6, 6.07) is 10.9. The number of hydrogen-bond acceptors (Lipinski definition) is 3. The highest BCUT2D eigenvalue weighted by atomic mass is 15.1. The molecule has 1 N–H and O–H groups in total. The number of nitrogens with zero attached hydrogens (tertiary/aromatic N) is 3. The Bertz CT molecular complexity index is 803. The number of aromatic nitrogens is 3. The fraction of sp³-hybridized carbons (Fsp3) is 0.294. The topological polar surface area (TPSA) is 42.7 Å². The molecule has 0 radical (unpaired) electrons. The van der Waals surface area contributed by atoms with E-state index in [1.807, 2.05) is 12.4 Å². The van der Waals surface area contributed by atoms with Gasteiger partial charge in [0.15, 0.2) is 0 Å². The van der Waals surface area contributed by atoms with Crippen molar-refractivity contribution in [3.05, 3.63) is 54.1 Å². The van der Waals surface area contributed by atoms with E-state index in [4.69, 9.17) is 4.98 Å². The first-order valence-corrected chi connectivity index (χ1v) is 7.40. The summed E-state index contributed by atoms with van der Waals surface area (Å²) >= 11 is 0. The van der Waals surface area contributed by atoms with E-state index in [0.717, 1.165) is 17.9 Å². The van der Waals surface area contributed by atoms with E-state index in [2.05, 4.69) is 59.0 Å². The maximum Gasteiger partial charge on any atom is 0.119 e. The first kappa shape index (κ1) is 12.4. The average molecular weight is 278 g/mol. The van der Waals surface area contributed by atoms with E-state index in [-0.39, 0.29) is 0 Å². The SMILES string of the molecule is CC(C)n1c(C2CNc3ccccc32)nc2cnccc21. The summed E-state index contributed by atoms with van der Waals surface area (Å²) in [5.74, 6) is 1.43. The van der Waals surface area contributed by atoms with Crippen molar-refractivity contribution in [1.82, 2.24) is 14.5 Å². The zero-order chi connectivity index (χ0) is 14.4. The fourth-order valence-corrected chi connectivity index (χ4v) is 3.27. The maximum absolute atomic E-state index is 4.88. The van der Waals surface area contributed by atoms with Crippen molar-refractivity contribution in [3.63, 3.8) is 0 Å². The van der Waals surface area contributed by atoms with Gasteiger partial charge in [0.1, 0.15) is 11.3 Å². The number of imidazole rings is 1. The Hall–Kier alpha value is -2.36. The van der Waals surface area contributed by atoms with Crippen LogP contribution in [0.5, 0.6) is 0 Å². The van der Waals surface area contributed by atoms with E-state index in [9.17, 15) is 0 Å². The first-order chi connectivity index (χ1) is 10.3. The molecule has 106 valence electrons. The predicted octanol–water partition coefficient (Wildman–Crippen LogP) is 3.57. The van der Waals surface area contributed by atoms with Crippen LogP contribution in [0.25, 0.3) is 11.0 Å². The quantitative estimate of drug-likeness (QED) is 0.779. The van der Waals surface area contributed by atoms with Gasteiger partial charge in [0, 0.05) is 24.5 Å². The Morgan fingerprint density at radius 1 is 1.24 bits per heavy atom. The molecule has 4 heteroatoms. The third-order valence-corrected chi connectivity index (χ3v) is 4.18. The Morgan fingerprint density at radius 3 is 2.95 bits per heavy atom. The molecule has 1 unspecified atom stereocenters. The van der Waals surface area contributed by atoms with E-state index < -0.39 is 0 Å². The van der Waals surface area contributed by atoms with Gasteiger partial charge in [-0.05, 0) is 31.5 Å². The van der Waals surface area contributed by atoms with Crippen LogP contribution < -0.4 is 5.32 Å². The molecule has 0 bridgehead atoms. The molecule has 21 heavy (non-hydrogen) atoms. The molecule has 1 aliphatic heterocycles. The maximum atomic E-state index is 4.88. The lowest BCUT2D eigenvalue weighted by molar-refractivity contribution is 0.572. The van der Waals surface area contributed by atoms with Gasteiger partial charge >= 0.3 is 0 Å². The summed E-state index contributed by atoms with van der Waals surface area (Å²) in [6.45, 7) is 5.32. The lowest BCUT2D eigenvalue weighted by Gasteiger charge is -2.17. The second-order valence-electron chi connectivity index (χ2n) is 5.82. The number of rotatable bonds is 2. The van der Waals surface area contributed by atoms with Crippen LogP contribution in [0.2, 0.25) is 0 Å². The van der Waals surface area contributed by atoms with Gasteiger partial charge in [-0.25, -0.2) is 4.98 Å². The van der Waals surface area contributed by atoms with Crippen molar-refractivity contribution in [2.75, 3.05) is 11.9 Å². The minimum atomic E-state index is 0.302. The van der Waals surface area contributed by atoms with Crippen molar-refractivity contribution in [2.45, 2.75) is 25.8 Å². The summed E-state index contributed by atoms with van der Waals surface area (Å²) in [5.41, 5.74) is 4.70. The smallest absolute Gasteiger partial charge is 0.119 e. The van der Waals surface area contributed by atoms with Crippen LogP contribution in [0.1, 0.15) is 37.2 Å². The normalized spacial score (nSPS) is 17.2. The van der Waals surface area contributed by atoms with Crippen molar-refractivity contribution in [2.24, 2.45) is 0 Å². The van der Waals surface area contributed by atoms with Gasteiger partial charge in [-0.3, -0.25) is 4.98 Å². The molecule has 1 aliphatic rings. The van der Waals surface area contributed by atoms with Crippen LogP contribution in [0.4, 0.5) is 5.69 Å². The highest BCUT2D eigenvalue weighted by Gasteiger charge is 2.28. The van der Waals surface area contributed by atoms with Gasteiger partial charge in [0.25, 0.3) is 0 Å². The molecule has 3 aromatic rings. The second kappa shape index (κ2) is 4.58. The Morgan fingerprint density at radius 2 is 2.10 bits per heavy atom. The van der Waals surface area contributed by atoms with Crippen LogP contribution in [-0.4, -0.2) is 21.1 Å². The Balaban J connectivity index is 1.93. The number of benzene rings is 1. The number of pyridine rings is 1. The molecule has 4 nitrogen and oxygen atoms in total. The lowest BCUT2D eigenvalue weighted by atomic mass is 10.0. The zero-order valence-electron chi connectivity index (χ0n) is 12.2. The predicted molar refractivity (Wildman–Crippen MR) is 84.7 cm³/mol. The molecular formula is C17H18N4. The molecule has 0 amide bonds. The van der Waals surface area contributed by atoms with Crippen molar-refractivity contribution < 1.29 is 0 Å². The monoisotopic (exact) mass is 278 g/mol. The summed E-state index contributed by atoms with van der Waals surface area (Å²) in [4.78, 5) is 9.08. The summed E-state index contributed by atoms with van der Waals surface area (Å²) < 4.78 is 2.34. The highest BCUT2D eigenvalue weighted by Crippen LogP contribution is 2.37. The van der Waals surface area contributed by atoms with Crippen LogP contribution >= 0.6 is 0 Å². The number of nitrogens with one attached hydrogen (secondary N) is 1. The minimum absolute atomic E-state index is 0.302. The number of fused-ring (bicyclic) bond motifs is 2. The van der Waals surface area contributed by atoms with Crippen LogP contribution in [0.15, 0.2) is 42.7 Å². The molecule has 0 saturated carbocycles. The lowest BCUT2D eigenvalue weighted by Crippen LogP contribution is -2.13. The molecule has 0 saturated heterocycles. The van der Waals surface area contributed by atoms with E-state index in [1.165, 1.54) is 16.8 Å². The minimum Gasteiger partial charge on any atom is -0.384 e. The van der Waals surface area contributed by atoms with Gasteiger partial charge < -0.3 is 9.88 Å². The molecule has 2 aromatic heterocycles. The standard InChI is InChI=1S/C17H18N4/c1-11(2)21-16-7-8-18-10-15(16)20-17(21)13-9-19-14-6-4-3-5-12(13)14/h3-8,10-11,13,19H,9H2,1-2H3. The summed E-state index contributed by atoms with van der Waals surface area (Å²) in [5, 5.41) is 3.49. The number of para-hydroxylation sites is 1. The summed E-state index contributed by atoms with van der Waals surface area (Å²) in [6.07, 6.45) is 3.69. The van der Waals surface area contributed by atoms with Crippen molar-refractivity contribution in [1.29, 1.82) is 0 Å². The molecule has 3 heterocycles. The van der Waals surface area contributed by atoms with Crippen molar-refractivity contribution >= 4 is 16.7 Å². The van der Waals surface area contributed by atoms with Gasteiger partial charge in [0.05, 0.1) is 17.6 Å². The zero-order valence-corrected chi connectivity index (χ0v) is 12.2. The Kier molecular flexibility index (Phi) is 2.70. The Labute approximate surface area is 123 Å². The van der Waals surface area contributed by atoms with Crippen LogP contribution in [0.3, 0.4) is 0 Å². The second-order valence-corrected chi connectivity index (χ2v) is 5.82. The molecule has 1 atom stereocenters. The number of hydrogen-bond donors (Lipinski definition) is 1. The van der Waals surface area contributed by atoms with Crippen molar-refractivity contribution in [3.8, 4) is 0 Å². The molecule has 0 fully saturated rings. The van der Waals surface area contributed by atoms with Crippen LogP contribution in [0, 0.1) is 0 Å². The van der Waals surface area contributed by atoms with Gasteiger partial charge in [-0.15, -0.1) is 0 Å². The largest absolute Gasteiger partial charge is 0.384 e. The third kappa shape index (κ3) is 1.82. The third-order valence-electron chi connectivity index (χ3n) is 4.18. The molecule has 0 spiro atoms. The first-order valence-electron chi connectivity index (χ1n) is 7.40. The van der Waals surface area contributed by atoms with Gasteiger partial charge in [0.2, 0.25) is 0 Å². The molecule has 4 rings (SSSR count). The molecule has 0 aliphatic carbocycles. The highest BCUT2D eigenvalue weighted by molar-refractivity contribution is 5.75. The van der Waals surface area contributed by atoms with Crippen LogP contribution in [-0.2, 0) is 0 Å². The molecular weight excluding hydrogens is 260 g/mol. The fourth-order valence-electron chi connectivity index (χ4n) is 3.27. The van der Waals surface area contributed by atoms with Gasteiger partial charge in [-0.2, -0.15) is 0 Å². The molecule has 1 aromatic carbocycles. The van der Waals surface area contributed by atoms with Gasteiger partial charge in [-0.1, -0.05) is 18.2 Å².